The van der Waals surface area contributed by atoms with Crippen LogP contribution in [0.5, 0.6) is 0 Å². The van der Waals surface area contributed by atoms with Gasteiger partial charge in [0.2, 0.25) is 0 Å². The van der Waals surface area contributed by atoms with Crippen LogP contribution in [-0.2, 0) is 9.53 Å². The van der Waals surface area contributed by atoms with E-state index in [4.69, 9.17) is 33.7 Å². The molecule has 1 amide bonds. The summed E-state index contributed by atoms with van der Waals surface area (Å²) >= 11 is 11.8. The largest absolute Gasteiger partial charge is 0.452 e. The van der Waals surface area contributed by atoms with Crippen LogP contribution in [0, 0.1) is 0 Å². The highest BCUT2D eigenvalue weighted by Gasteiger charge is 2.16. The Kier molecular flexibility index (Phi) is 6.06. The summed E-state index contributed by atoms with van der Waals surface area (Å²) in [5, 5.41) is 3.68. The van der Waals surface area contributed by atoms with E-state index in [1.165, 1.54) is 18.2 Å². The van der Waals surface area contributed by atoms with Crippen molar-refractivity contribution in [2.75, 3.05) is 12.3 Å². The first-order valence-electron chi connectivity index (χ1n) is 7.14. The standard InChI is InChI=1S/C17H16Cl2N2O3/c1-10(12-4-2-3-5-14(12)19)21-16(22)9-24-17(23)13-7-6-11(18)8-15(13)20/h2-8,10H,9,20H2,1H3,(H,21,22)/t10-/m1/s1. The Morgan fingerprint density at radius 1 is 1.21 bits per heavy atom. The lowest BCUT2D eigenvalue weighted by molar-refractivity contribution is -0.124. The number of rotatable bonds is 5. The van der Waals surface area contributed by atoms with Crippen molar-refractivity contribution in [1.29, 1.82) is 0 Å². The van der Waals surface area contributed by atoms with Gasteiger partial charge in [-0.05, 0) is 36.8 Å². The van der Waals surface area contributed by atoms with Crippen LogP contribution in [0.4, 0.5) is 5.69 Å². The van der Waals surface area contributed by atoms with Gasteiger partial charge in [-0.25, -0.2) is 4.79 Å². The van der Waals surface area contributed by atoms with Crippen LogP contribution in [0.2, 0.25) is 10.0 Å². The van der Waals surface area contributed by atoms with E-state index in [0.29, 0.717) is 10.0 Å². The number of nitrogen functional groups attached to an aromatic ring is 1. The molecule has 0 aliphatic carbocycles. The molecule has 126 valence electrons. The van der Waals surface area contributed by atoms with Crippen molar-refractivity contribution in [2.45, 2.75) is 13.0 Å². The molecular weight excluding hydrogens is 351 g/mol. The van der Waals surface area contributed by atoms with Crippen molar-refractivity contribution in [3.8, 4) is 0 Å². The first-order valence-corrected chi connectivity index (χ1v) is 7.90. The number of ether oxygens (including phenoxy) is 1. The molecule has 7 heteroatoms. The Morgan fingerprint density at radius 3 is 2.58 bits per heavy atom. The molecular formula is C17H16Cl2N2O3. The number of amides is 1. The van der Waals surface area contributed by atoms with Crippen LogP contribution in [-0.4, -0.2) is 18.5 Å². The SMILES string of the molecule is C[C@@H](NC(=O)COC(=O)c1ccc(Cl)cc1N)c1ccccc1Cl. The molecule has 0 saturated carbocycles. The Morgan fingerprint density at radius 2 is 1.92 bits per heavy atom. The number of halogens is 2. The highest BCUT2D eigenvalue weighted by Crippen LogP contribution is 2.22. The third kappa shape index (κ3) is 4.63. The van der Waals surface area contributed by atoms with E-state index in [-0.39, 0.29) is 17.3 Å². The molecule has 3 N–H and O–H groups in total. The number of anilines is 1. The fourth-order valence-corrected chi connectivity index (χ4v) is 2.60. The van der Waals surface area contributed by atoms with E-state index < -0.39 is 18.5 Å². The van der Waals surface area contributed by atoms with Crippen molar-refractivity contribution in [2.24, 2.45) is 0 Å². The summed E-state index contributed by atoms with van der Waals surface area (Å²) < 4.78 is 4.97. The number of hydrogen-bond acceptors (Lipinski definition) is 4. The smallest absolute Gasteiger partial charge is 0.340 e. The summed E-state index contributed by atoms with van der Waals surface area (Å²) in [4.78, 5) is 23.9. The zero-order valence-electron chi connectivity index (χ0n) is 12.9. The Balaban J connectivity index is 1.91. The average molecular weight is 367 g/mol. The van der Waals surface area contributed by atoms with E-state index in [1.54, 1.807) is 19.1 Å². The molecule has 2 rings (SSSR count). The second-order valence-electron chi connectivity index (χ2n) is 5.12. The van der Waals surface area contributed by atoms with Gasteiger partial charge in [0.05, 0.1) is 11.6 Å². The number of esters is 1. The number of carbonyl (C=O) groups excluding carboxylic acids is 2. The average Bonchev–Trinajstić information content (AvgIpc) is 2.53. The minimum atomic E-state index is -0.690. The second kappa shape index (κ2) is 8.04. The quantitative estimate of drug-likeness (QED) is 0.625. The number of carbonyl (C=O) groups is 2. The lowest BCUT2D eigenvalue weighted by atomic mass is 10.1. The summed E-state index contributed by atoms with van der Waals surface area (Å²) in [5.41, 5.74) is 6.83. The summed E-state index contributed by atoms with van der Waals surface area (Å²) in [6, 6.07) is 11.3. The van der Waals surface area contributed by atoms with Gasteiger partial charge in [-0.1, -0.05) is 41.4 Å². The van der Waals surface area contributed by atoms with Gasteiger partial charge in [-0.2, -0.15) is 0 Å². The second-order valence-corrected chi connectivity index (χ2v) is 5.96. The number of benzene rings is 2. The van der Waals surface area contributed by atoms with E-state index in [2.05, 4.69) is 5.32 Å². The van der Waals surface area contributed by atoms with Gasteiger partial charge in [0.15, 0.2) is 6.61 Å². The number of hydrogen-bond donors (Lipinski definition) is 2. The van der Waals surface area contributed by atoms with Crippen molar-refractivity contribution in [3.05, 3.63) is 63.6 Å². The molecule has 0 aliphatic rings. The van der Waals surface area contributed by atoms with Crippen LogP contribution in [0.3, 0.4) is 0 Å². The highest BCUT2D eigenvalue weighted by atomic mass is 35.5. The lowest BCUT2D eigenvalue weighted by Gasteiger charge is -2.15. The minimum Gasteiger partial charge on any atom is -0.452 e. The molecule has 0 fully saturated rings. The van der Waals surface area contributed by atoms with Gasteiger partial charge >= 0.3 is 5.97 Å². The van der Waals surface area contributed by atoms with Crippen molar-refractivity contribution in [1.82, 2.24) is 5.32 Å². The Hall–Kier alpha value is -2.24. The molecule has 0 saturated heterocycles. The first kappa shape index (κ1) is 18.1. The fraction of sp³-hybridized carbons (Fsp3) is 0.176. The Bertz CT molecular complexity index is 765. The van der Waals surface area contributed by atoms with Gasteiger partial charge in [0, 0.05) is 15.7 Å². The zero-order chi connectivity index (χ0) is 17.7. The summed E-state index contributed by atoms with van der Waals surface area (Å²) in [5.74, 6) is -1.13. The van der Waals surface area contributed by atoms with Gasteiger partial charge < -0.3 is 15.8 Å². The molecule has 0 heterocycles. The lowest BCUT2D eigenvalue weighted by Crippen LogP contribution is -2.31. The monoisotopic (exact) mass is 366 g/mol. The molecule has 0 unspecified atom stereocenters. The van der Waals surface area contributed by atoms with Crippen LogP contribution < -0.4 is 11.1 Å². The maximum atomic E-state index is 11.9. The van der Waals surface area contributed by atoms with Gasteiger partial charge in [0.25, 0.3) is 5.91 Å². The Labute approximate surface area is 149 Å². The zero-order valence-corrected chi connectivity index (χ0v) is 14.4. The van der Waals surface area contributed by atoms with Crippen LogP contribution >= 0.6 is 23.2 Å². The fourth-order valence-electron chi connectivity index (χ4n) is 2.12. The third-order valence-corrected chi connectivity index (χ3v) is 3.90. The number of nitrogens with one attached hydrogen (secondary N) is 1. The van der Waals surface area contributed by atoms with E-state index in [9.17, 15) is 9.59 Å². The number of nitrogens with two attached hydrogens (primary N) is 1. The molecule has 0 aliphatic heterocycles. The molecule has 0 bridgehead atoms. The van der Waals surface area contributed by atoms with E-state index >= 15 is 0 Å². The predicted molar refractivity (Wildman–Crippen MR) is 94.2 cm³/mol. The summed E-state index contributed by atoms with van der Waals surface area (Å²) in [6.45, 7) is 1.37. The first-order chi connectivity index (χ1) is 11.4. The maximum Gasteiger partial charge on any atom is 0.340 e. The molecule has 5 nitrogen and oxygen atoms in total. The highest BCUT2D eigenvalue weighted by molar-refractivity contribution is 6.31. The third-order valence-electron chi connectivity index (χ3n) is 3.32. The molecule has 0 aromatic heterocycles. The maximum absolute atomic E-state index is 11.9. The normalized spacial score (nSPS) is 11.6. The van der Waals surface area contributed by atoms with Gasteiger partial charge in [0.1, 0.15) is 0 Å². The van der Waals surface area contributed by atoms with Gasteiger partial charge in [-0.15, -0.1) is 0 Å². The van der Waals surface area contributed by atoms with Gasteiger partial charge in [-0.3, -0.25) is 4.79 Å². The molecule has 0 radical (unpaired) electrons. The minimum absolute atomic E-state index is 0.159. The molecule has 2 aromatic carbocycles. The van der Waals surface area contributed by atoms with E-state index in [0.717, 1.165) is 5.56 Å². The predicted octanol–water partition coefficient (Wildman–Crippen LogP) is 3.61. The van der Waals surface area contributed by atoms with Crippen LogP contribution in [0.1, 0.15) is 28.9 Å². The summed E-state index contributed by atoms with van der Waals surface area (Å²) in [7, 11) is 0. The molecule has 2 aromatic rings. The van der Waals surface area contributed by atoms with Crippen LogP contribution in [0.15, 0.2) is 42.5 Å². The van der Waals surface area contributed by atoms with Crippen molar-refractivity contribution < 1.29 is 14.3 Å². The van der Waals surface area contributed by atoms with E-state index in [1.807, 2.05) is 12.1 Å². The molecule has 0 spiro atoms. The molecule has 24 heavy (non-hydrogen) atoms. The molecule has 1 atom stereocenters. The van der Waals surface area contributed by atoms with Crippen molar-refractivity contribution >= 4 is 40.8 Å². The van der Waals surface area contributed by atoms with Crippen molar-refractivity contribution in [3.63, 3.8) is 0 Å². The summed E-state index contributed by atoms with van der Waals surface area (Å²) in [6.07, 6.45) is 0. The topological polar surface area (TPSA) is 81.4 Å². The van der Waals surface area contributed by atoms with Crippen LogP contribution in [0.25, 0.3) is 0 Å².